The van der Waals surface area contributed by atoms with Crippen molar-refractivity contribution < 1.29 is 9.47 Å². The fraction of sp³-hybridized carbons (Fsp3) is 0.0909. The zero-order valence-electron chi connectivity index (χ0n) is 14.5. The third kappa shape index (κ3) is 5.12. The number of benzene rings is 2. The summed E-state index contributed by atoms with van der Waals surface area (Å²) in [5, 5.41) is 0. The van der Waals surface area contributed by atoms with E-state index in [4.69, 9.17) is 22.6 Å². The first-order valence-electron chi connectivity index (χ1n) is 7.86. The Hall–Kier alpha value is -3.76. The van der Waals surface area contributed by atoms with Crippen LogP contribution in [0.2, 0.25) is 0 Å². The third-order valence-corrected chi connectivity index (χ3v) is 3.47. The van der Waals surface area contributed by atoms with Crippen LogP contribution in [0.1, 0.15) is 11.1 Å². The molecule has 0 spiro atoms. The molecule has 4 nitrogen and oxygen atoms in total. The Bertz CT molecular complexity index is 893. The van der Waals surface area contributed by atoms with E-state index in [1.54, 1.807) is 25.3 Å². The normalized spacial score (nSPS) is 11.2. The smallest absolute Gasteiger partial charge is 0.195 e. The van der Waals surface area contributed by atoms with Crippen LogP contribution in [0.25, 0.3) is 21.8 Å². The van der Waals surface area contributed by atoms with Crippen LogP contribution in [0, 0.1) is 13.1 Å². The van der Waals surface area contributed by atoms with Crippen LogP contribution in [0.4, 0.5) is 0 Å². The summed E-state index contributed by atoms with van der Waals surface area (Å²) in [5.41, 5.74) is 2.23. The van der Waals surface area contributed by atoms with Crippen molar-refractivity contribution in [1.29, 1.82) is 0 Å². The molecular formula is C22H18N2O2. The lowest BCUT2D eigenvalue weighted by Gasteiger charge is -2.04. The summed E-state index contributed by atoms with van der Waals surface area (Å²) in [4.78, 5) is 7.03. The minimum Gasteiger partial charge on any atom is -0.497 e. The van der Waals surface area contributed by atoms with Crippen LogP contribution in [-0.2, 0) is 0 Å². The molecule has 0 atom stereocenters. The highest BCUT2D eigenvalue weighted by Crippen LogP contribution is 2.23. The Morgan fingerprint density at radius 2 is 1.35 bits per heavy atom. The molecule has 0 amide bonds. The van der Waals surface area contributed by atoms with Crippen LogP contribution in [-0.4, -0.2) is 13.7 Å². The Labute approximate surface area is 154 Å². The minimum atomic E-state index is 0.288. The monoisotopic (exact) mass is 342 g/mol. The van der Waals surface area contributed by atoms with Gasteiger partial charge in [0.2, 0.25) is 0 Å². The van der Waals surface area contributed by atoms with E-state index in [0.29, 0.717) is 6.61 Å². The molecule has 26 heavy (non-hydrogen) atoms. The van der Waals surface area contributed by atoms with Crippen molar-refractivity contribution in [2.24, 2.45) is 0 Å². The van der Waals surface area contributed by atoms with Gasteiger partial charge in [-0.1, -0.05) is 49.1 Å². The average Bonchev–Trinajstić information content (AvgIpc) is 2.70. The highest BCUT2D eigenvalue weighted by Gasteiger charge is 2.06. The molecule has 0 saturated heterocycles. The molecule has 0 aromatic heterocycles. The number of nitrogens with zero attached hydrogens (tertiary/aromatic N) is 2. The molecule has 0 radical (unpaired) electrons. The molecule has 0 saturated carbocycles. The quantitative estimate of drug-likeness (QED) is 0.378. The largest absolute Gasteiger partial charge is 0.497 e. The molecule has 0 aliphatic heterocycles. The number of hydrogen-bond acceptors (Lipinski definition) is 2. The zero-order chi connectivity index (χ0) is 18.8. The van der Waals surface area contributed by atoms with Crippen molar-refractivity contribution in [3.8, 4) is 11.5 Å². The van der Waals surface area contributed by atoms with Gasteiger partial charge in [-0.15, -0.1) is 0 Å². The van der Waals surface area contributed by atoms with Gasteiger partial charge in [-0.2, -0.15) is 0 Å². The Kier molecular flexibility index (Phi) is 6.80. The lowest BCUT2D eigenvalue weighted by atomic mass is 10.1. The number of hydrogen-bond donors (Lipinski definition) is 0. The van der Waals surface area contributed by atoms with E-state index in [9.17, 15) is 0 Å². The maximum absolute atomic E-state index is 7.42. The van der Waals surface area contributed by atoms with Gasteiger partial charge < -0.3 is 9.47 Å². The fourth-order valence-corrected chi connectivity index (χ4v) is 2.16. The first-order chi connectivity index (χ1) is 12.7. The highest BCUT2D eigenvalue weighted by molar-refractivity contribution is 5.69. The predicted molar refractivity (Wildman–Crippen MR) is 104 cm³/mol. The molecule has 0 heterocycles. The molecule has 0 aliphatic carbocycles. The molecule has 0 unspecified atom stereocenters. The highest BCUT2D eigenvalue weighted by atomic mass is 16.5. The van der Waals surface area contributed by atoms with Crippen molar-refractivity contribution in [1.82, 2.24) is 0 Å². The Balaban J connectivity index is 2.27. The SMILES string of the molecule is [C-]#[N+]C(=Cc1ccc(OC)cc1)C(=Cc1ccc(OCC=C)cc1)[N+]#[C-]. The molecular weight excluding hydrogens is 324 g/mol. The van der Waals surface area contributed by atoms with Gasteiger partial charge in [-0.3, -0.25) is 9.69 Å². The van der Waals surface area contributed by atoms with Gasteiger partial charge in [0.15, 0.2) is 11.4 Å². The summed E-state index contributed by atoms with van der Waals surface area (Å²) in [5.74, 6) is 1.47. The summed E-state index contributed by atoms with van der Waals surface area (Å²) in [6.07, 6.45) is 5.06. The Morgan fingerprint density at radius 1 is 0.885 bits per heavy atom. The summed E-state index contributed by atoms with van der Waals surface area (Å²) < 4.78 is 10.6. The van der Waals surface area contributed by atoms with Crippen LogP contribution in [0.5, 0.6) is 11.5 Å². The standard InChI is InChI=1S/C22H18N2O2/c1-5-14-26-20-12-8-18(9-13-20)16-22(24-3)21(23-2)15-17-6-10-19(25-4)11-7-17/h5-13,15-16H,1,14H2,4H3. The first kappa shape index (κ1) is 18.6. The second kappa shape index (κ2) is 9.52. The number of rotatable bonds is 7. The average molecular weight is 342 g/mol. The molecule has 0 bridgehead atoms. The van der Waals surface area contributed by atoms with Crippen LogP contribution in [0.15, 0.2) is 72.6 Å². The Morgan fingerprint density at radius 3 is 1.73 bits per heavy atom. The van der Waals surface area contributed by atoms with Gasteiger partial charge in [0.1, 0.15) is 18.1 Å². The van der Waals surface area contributed by atoms with Gasteiger partial charge in [0, 0.05) is 0 Å². The molecule has 2 aromatic rings. The van der Waals surface area contributed by atoms with Crippen molar-refractivity contribution in [2.45, 2.75) is 0 Å². The van der Waals surface area contributed by atoms with E-state index in [0.717, 1.165) is 22.6 Å². The van der Waals surface area contributed by atoms with Crippen LogP contribution in [0.3, 0.4) is 0 Å². The van der Waals surface area contributed by atoms with Gasteiger partial charge in [-0.25, -0.2) is 0 Å². The van der Waals surface area contributed by atoms with Crippen molar-refractivity contribution >= 4 is 12.2 Å². The second-order valence-corrected chi connectivity index (χ2v) is 5.22. The summed E-state index contributed by atoms with van der Waals surface area (Å²) >= 11 is 0. The number of methoxy groups -OCH3 is 1. The van der Waals surface area contributed by atoms with Gasteiger partial charge in [0.05, 0.1) is 20.3 Å². The third-order valence-electron chi connectivity index (χ3n) is 3.47. The van der Waals surface area contributed by atoms with E-state index in [1.807, 2.05) is 48.5 Å². The predicted octanol–water partition coefficient (Wildman–Crippen LogP) is 5.48. The minimum absolute atomic E-state index is 0.288. The van der Waals surface area contributed by atoms with E-state index >= 15 is 0 Å². The van der Waals surface area contributed by atoms with E-state index < -0.39 is 0 Å². The second-order valence-electron chi connectivity index (χ2n) is 5.22. The first-order valence-corrected chi connectivity index (χ1v) is 7.86. The van der Waals surface area contributed by atoms with Crippen molar-refractivity contribution in [3.05, 3.63) is 107 Å². The molecule has 128 valence electrons. The van der Waals surface area contributed by atoms with Crippen molar-refractivity contribution in [2.75, 3.05) is 13.7 Å². The maximum atomic E-state index is 7.42. The molecule has 0 N–H and O–H groups in total. The summed E-state index contributed by atoms with van der Waals surface area (Å²) in [6.45, 7) is 18.9. The zero-order valence-corrected chi connectivity index (χ0v) is 14.5. The fourth-order valence-electron chi connectivity index (χ4n) is 2.16. The van der Waals surface area contributed by atoms with Crippen LogP contribution < -0.4 is 9.47 Å². The summed E-state index contributed by atoms with van der Waals surface area (Å²) in [6, 6.07) is 14.7. The lowest BCUT2D eigenvalue weighted by molar-refractivity contribution is 0.363. The summed E-state index contributed by atoms with van der Waals surface area (Å²) in [7, 11) is 1.60. The maximum Gasteiger partial charge on any atom is 0.195 e. The van der Waals surface area contributed by atoms with Gasteiger partial charge >= 0.3 is 0 Å². The number of ether oxygens (including phenoxy) is 2. The van der Waals surface area contributed by atoms with Gasteiger partial charge in [-0.05, 0) is 35.4 Å². The van der Waals surface area contributed by atoms with E-state index in [-0.39, 0.29) is 11.4 Å². The molecule has 2 aromatic carbocycles. The molecule has 0 fully saturated rings. The molecule has 0 aliphatic rings. The van der Waals surface area contributed by atoms with E-state index in [1.165, 1.54) is 0 Å². The topological polar surface area (TPSA) is 27.2 Å². The molecule has 2 rings (SSSR count). The molecule has 4 heteroatoms. The van der Waals surface area contributed by atoms with Gasteiger partial charge in [0.25, 0.3) is 0 Å². The van der Waals surface area contributed by atoms with Crippen LogP contribution >= 0.6 is 0 Å². The lowest BCUT2D eigenvalue weighted by Crippen LogP contribution is -1.92. The van der Waals surface area contributed by atoms with E-state index in [2.05, 4.69) is 16.3 Å². The van der Waals surface area contributed by atoms with Crippen molar-refractivity contribution in [3.63, 3.8) is 0 Å².